The van der Waals surface area contributed by atoms with E-state index in [1.807, 2.05) is 6.07 Å². The monoisotopic (exact) mass is 290 g/mol. The van der Waals surface area contributed by atoms with Crippen molar-refractivity contribution in [3.8, 4) is 0 Å². The zero-order chi connectivity index (χ0) is 14.7. The van der Waals surface area contributed by atoms with E-state index in [0.29, 0.717) is 17.9 Å². The smallest absolute Gasteiger partial charge is 0.136 e. The fraction of sp³-hybridized carbons (Fsp3) is 0.750. The van der Waals surface area contributed by atoms with E-state index in [2.05, 4.69) is 29.5 Å². The van der Waals surface area contributed by atoms with Gasteiger partial charge in [0.15, 0.2) is 0 Å². The van der Waals surface area contributed by atoms with Crippen molar-refractivity contribution in [1.29, 1.82) is 0 Å². The molecule has 0 radical (unpaired) electrons. The molecule has 5 heteroatoms. The minimum atomic E-state index is 0.422. The average Bonchev–Trinajstić information content (AvgIpc) is 3.33. The minimum Gasteiger partial charge on any atom is -0.381 e. The van der Waals surface area contributed by atoms with Crippen molar-refractivity contribution in [2.45, 2.75) is 51.5 Å². The second-order valence-electron chi connectivity index (χ2n) is 6.18. The average molecular weight is 290 g/mol. The first-order chi connectivity index (χ1) is 10.3. The van der Waals surface area contributed by atoms with Gasteiger partial charge in [0.1, 0.15) is 17.5 Å². The second kappa shape index (κ2) is 6.60. The molecule has 1 aromatic heterocycles. The Bertz CT molecular complexity index is 469. The van der Waals surface area contributed by atoms with Crippen LogP contribution in [-0.4, -0.2) is 35.8 Å². The van der Waals surface area contributed by atoms with Gasteiger partial charge in [-0.25, -0.2) is 9.97 Å². The van der Waals surface area contributed by atoms with Gasteiger partial charge in [-0.15, -0.1) is 0 Å². The van der Waals surface area contributed by atoms with Gasteiger partial charge in [0.25, 0.3) is 0 Å². The van der Waals surface area contributed by atoms with Crippen molar-refractivity contribution < 1.29 is 4.74 Å². The third kappa shape index (κ3) is 3.84. The molecule has 2 aliphatic rings. The van der Waals surface area contributed by atoms with Crippen LogP contribution in [0.4, 0.5) is 11.6 Å². The Morgan fingerprint density at radius 3 is 2.57 bits per heavy atom. The maximum absolute atomic E-state index is 5.45. The van der Waals surface area contributed by atoms with Crippen LogP contribution in [0.25, 0.3) is 0 Å². The highest BCUT2D eigenvalue weighted by atomic mass is 16.5. The van der Waals surface area contributed by atoms with Gasteiger partial charge in [-0.1, -0.05) is 0 Å². The normalized spacial score (nSPS) is 21.0. The quantitative estimate of drug-likeness (QED) is 0.843. The lowest BCUT2D eigenvalue weighted by molar-refractivity contribution is 0.0622. The van der Waals surface area contributed by atoms with Crippen LogP contribution in [0.3, 0.4) is 0 Å². The molecule has 116 valence electrons. The zero-order valence-electron chi connectivity index (χ0n) is 13.1. The molecule has 5 nitrogen and oxygen atoms in total. The molecule has 2 fully saturated rings. The fourth-order valence-electron chi connectivity index (χ4n) is 2.90. The standard InChI is InChI=1S/C16H26N4O/c1-3-17-14-10-15(20-16(19-14)13-4-5-13)18-11(2)12-6-8-21-9-7-12/h10-13H,3-9H2,1-2H3,(H2,17,18,19,20). The van der Waals surface area contributed by atoms with Crippen molar-refractivity contribution in [2.24, 2.45) is 5.92 Å². The fourth-order valence-corrected chi connectivity index (χ4v) is 2.90. The van der Waals surface area contributed by atoms with Crippen molar-refractivity contribution in [2.75, 3.05) is 30.4 Å². The molecule has 0 bridgehead atoms. The Morgan fingerprint density at radius 1 is 1.19 bits per heavy atom. The minimum absolute atomic E-state index is 0.422. The Labute approximate surface area is 126 Å². The molecule has 21 heavy (non-hydrogen) atoms. The highest BCUT2D eigenvalue weighted by Gasteiger charge is 2.28. The lowest BCUT2D eigenvalue weighted by atomic mass is 9.93. The van der Waals surface area contributed by atoms with Gasteiger partial charge in [0.05, 0.1) is 0 Å². The molecule has 0 spiro atoms. The number of hydrogen-bond donors (Lipinski definition) is 2. The van der Waals surface area contributed by atoms with Crippen LogP contribution in [0.5, 0.6) is 0 Å². The summed E-state index contributed by atoms with van der Waals surface area (Å²) in [5.41, 5.74) is 0. The molecule has 1 aliphatic carbocycles. The van der Waals surface area contributed by atoms with Crippen LogP contribution in [0.15, 0.2) is 6.07 Å². The van der Waals surface area contributed by atoms with E-state index in [9.17, 15) is 0 Å². The van der Waals surface area contributed by atoms with E-state index in [4.69, 9.17) is 9.72 Å². The number of aromatic nitrogens is 2. The molecule has 1 saturated heterocycles. The number of nitrogens with one attached hydrogen (secondary N) is 2. The third-order valence-corrected chi connectivity index (χ3v) is 4.39. The van der Waals surface area contributed by atoms with E-state index in [-0.39, 0.29) is 0 Å². The molecule has 0 amide bonds. The summed E-state index contributed by atoms with van der Waals surface area (Å²) in [6, 6.07) is 2.45. The number of hydrogen-bond acceptors (Lipinski definition) is 5. The van der Waals surface area contributed by atoms with Gasteiger partial charge in [0.2, 0.25) is 0 Å². The third-order valence-electron chi connectivity index (χ3n) is 4.39. The maximum Gasteiger partial charge on any atom is 0.136 e. The van der Waals surface area contributed by atoms with Gasteiger partial charge in [-0.2, -0.15) is 0 Å². The largest absolute Gasteiger partial charge is 0.381 e. The van der Waals surface area contributed by atoms with E-state index in [0.717, 1.165) is 50.1 Å². The summed E-state index contributed by atoms with van der Waals surface area (Å²) in [6.45, 7) is 7.00. The van der Waals surface area contributed by atoms with E-state index in [1.165, 1.54) is 12.8 Å². The molecular formula is C16H26N4O. The Balaban J connectivity index is 1.70. The SMILES string of the molecule is CCNc1cc(NC(C)C2CCOCC2)nc(C2CC2)n1. The van der Waals surface area contributed by atoms with Crippen molar-refractivity contribution in [1.82, 2.24) is 9.97 Å². The number of rotatable bonds is 6. The summed E-state index contributed by atoms with van der Waals surface area (Å²) in [7, 11) is 0. The van der Waals surface area contributed by atoms with Gasteiger partial charge >= 0.3 is 0 Å². The van der Waals surface area contributed by atoms with Crippen molar-refractivity contribution >= 4 is 11.6 Å². The lowest BCUT2D eigenvalue weighted by Crippen LogP contribution is -2.31. The summed E-state index contributed by atoms with van der Waals surface area (Å²) < 4.78 is 5.45. The summed E-state index contributed by atoms with van der Waals surface area (Å²) >= 11 is 0. The van der Waals surface area contributed by atoms with Crippen LogP contribution < -0.4 is 10.6 Å². The van der Waals surface area contributed by atoms with E-state index in [1.54, 1.807) is 0 Å². The first-order valence-electron chi connectivity index (χ1n) is 8.23. The van der Waals surface area contributed by atoms with Gasteiger partial charge in [-0.3, -0.25) is 0 Å². The number of ether oxygens (including phenoxy) is 1. The summed E-state index contributed by atoms with van der Waals surface area (Å²) in [5, 5.41) is 6.90. The van der Waals surface area contributed by atoms with Crippen molar-refractivity contribution in [3.63, 3.8) is 0 Å². The Morgan fingerprint density at radius 2 is 1.90 bits per heavy atom. The Hall–Kier alpha value is -1.36. The van der Waals surface area contributed by atoms with E-state index < -0.39 is 0 Å². The molecule has 1 unspecified atom stereocenters. The lowest BCUT2D eigenvalue weighted by Gasteiger charge is -2.28. The zero-order valence-corrected chi connectivity index (χ0v) is 13.1. The van der Waals surface area contributed by atoms with Crippen LogP contribution in [0.1, 0.15) is 51.3 Å². The van der Waals surface area contributed by atoms with Gasteiger partial charge in [0, 0.05) is 37.8 Å². The molecule has 2 heterocycles. The molecule has 0 aromatic carbocycles. The predicted octanol–water partition coefficient (Wildman–Crippen LogP) is 3.01. The first kappa shape index (κ1) is 14.6. The molecule has 1 aliphatic heterocycles. The predicted molar refractivity (Wildman–Crippen MR) is 84.8 cm³/mol. The second-order valence-corrected chi connectivity index (χ2v) is 6.18. The van der Waals surface area contributed by atoms with Crippen LogP contribution in [-0.2, 0) is 4.74 Å². The van der Waals surface area contributed by atoms with Crippen LogP contribution in [0.2, 0.25) is 0 Å². The van der Waals surface area contributed by atoms with Gasteiger partial charge < -0.3 is 15.4 Å². The summed E-state index contributed by atoms with van der Waals surface area (Å²) in [5.74, 6) is 4.14. The molecule has 2 N–H and O–H groups in total. The van der Waals surface area contributed by atoms with Gasteiger partial charge in [-0.05, 0) is 45.4 Å². The Kier molecular flexibility index (Phi) is 4.58. The van der Waals surface area contributed by atoms with Crippen LogP contribution >= 0.6 is 0 Å². The van der Waals surface area contributed by atoms with Crippen LogP contribution in [0, 0.1) is 5.92 Å². The molecular weight excluding hydrogens is 264 g/mol. The highest BCUT2D eigenvalue weighted by molar-refractivity contribution is 5.48. The molecule has 1 aromatic rings. The number of anilines is 2. The van der Waals surface area contributed by atoms with E-state index >= 15 is 0 Å². The molecule has 3 rings (SSSR count). The summed E-state index contributed by atoms with van der Waals surface area (Å²) in [6.07, 6.45) is 4.72. The molecule has 1 atom stereocenters. The maximum atomic E-state index is 5.45. The molecule has 1 saturated carbocycles. The first-order valence-corrected chi connectivity index (χ1v) is 8.23. The summed E-state index contributed by atoms with van der Waals surface area (Å²) in [4.78, 5) is 9.34. The topological polar surface area (TPSA) is 59.1 Å². The highest BCUT2D eigenvalue weighted by Crippen LogP contribution is 2.39. The van der Waals surface area contributed by atoms with Crippen molar-refractivity contribution in [3.05, 3.63) is 11.9 Å². The number of nitrogens with zero attached hydrogens (tertiary/aromatic N) is 2.